The van der Waals surface area contributed by atoms with E-state index in [2.05, 4.69) is 10.3 Å². The molecular formula is C12H17N3O. The summed E-state index contributed by atoms with van der Waals surface area (Å²) in [6, 6.07) is 3.70. The number of nitrogens with one attached hydrogen (secondary N) is 1. The highest BCUT2D eigenvalue weighted by molar-refractivity contribution is 5.81. The van der Waals surface area contributed by atoms with Gasteiger partial charge in [0.2, 0.25) is 5.91 Å². The van der Waals surface area contributed by atoms with Gasteiger partial charge in [0, 0.05) is 18.4 Å². The average molecular weight is 219 g/mol. The standard InChI is InChI=1S/C12H17N3O/c13-12(16)11(9-5-7-14-8-6-9)15-10-3-1-2-4-10/h5-8,10-11,15H,1-4H2,(H2,13,16). The van der Waals surface area contributed by atoms with Crippen LogP contribution < -0.4 is 11.1 Å². The molecule has 0 spiro atoms. The van der Waals surface area contributed by atoms with Crippen molar-refractivity contribution in [3.8, 4) is 0 Å². The van der Waals surface area contributed by atoms with Crippen molar-refractivity contribution in [3.63, 3.8) is 0 Å². The number of nitrogens with zero attached hydrogens (tertiary/aromatic N) is 1. The van der Waals surface area contributed by atoms with E-state index in [1.165, 1.54) is 12.8 Å². The van der Waals surface area contributed by atoms with Crippen molar-refractivity contribution >= 4 is 5.91 Å². The molecule has 2 rings (SSSR count). The van der Waals surface area contributed by atoms with Gasteiger partial charge in [-0.15, -0.1) is 0 Å². The number of aromatic nitrogens is 1. The maximum absolute atomic E-state index is 11.4. The number of nitrogens with two attached hydrogens (primary N) is 1. The monoisotopic (exact) mass is 219 g/mol. The summed E-state index contributed by atoms with van der Waals surface area (Å²) in [5.74, 6) is -0.321. The molecule has 0 radical (unpaired) electrons. The molecule has 0 aromatic carbocycles. The zero-order chi connectivity index (χ0) is 11.4. The second-order valence-electron chi connectivity index (χ2n) is 4.26. The summed E-state index contributed by atoms with van der Waals surface area (Å²) in [6.45, 7) is 0. The number of primary amides is 1. The van der Waals surface area contributed by atoms with E-state index in [0.717, 1.165) is 18.4 Å². The van der Waals surface area contributed by atoms with Gasteiger partial charge in [0.15, 0.2) is 0 Å². The van der Waals surface area contributed by atoms with Crippen molar-refractivity contribution < 1.29 is 4.79 Å². The van der Waals surface area contributed by atoms with Crippen LogP contribution in [0.4, 0.5) is 0 Å². The highest BCUT2D eigenvalue weighted by Crippen LogP contribution is 2.21. The molecule has 0 bridgehead atoms. The SMILES string of the molecule is NC(=O)C(NC1CCCC1)c1ccncc1. The lowest BCUT2D eigenvalue weighted by Crippen LogP contribution is -2.38. The highest BCUT2D eigenvalue weighted by atomic mass is 16.1. The molecule has 1 amide bonds. The van der Waals surface area contributed by atoms with Crippen LogP contribution in [0.15, 0.2) is 24.5 Å². The summed E-state index contributed by atoms with van der Waals surface area (Å²) < 4.78 is 0. The lowest BCUT2D eigenvalue weighted by Gasteiger charge is -2.20. The van der Waals surface area contributed by atoms with Crippen molar-refractivity contribution in [1.82, 2.24) is 10.3 Å². The minimum atomic E-state index is -0.383. The Morgan fingerprint density at radius 2 is 2.00 bits per heavy atom. The van der Waals surface area contributed by atoms with E-state index in [9.17, 15) is 4.79 Å². The second-order valence-corrected chi connectivity index (χ2v) is 4.26. The molecular weight excluding hydrogens is 202 g/mol. The van der Waals surface area contributed by atoms with Crippen LogP contribution >= 0.6 is 0 Å². The Bertz CT molecular complexity index is 347. The molecule has 3 N–H and O–H groups in total. The fourth-order valence-electron chi connectivity index (χ4n) is 2.23. The summed E-state index contributed by atoms with van der Waals surface area (Å²) in [6.07, 6.45) is 8.10. The Hall–Kier alpha value is -1.42. The maximum atomic E-state index is 11.4. The molecule has 1 aliphatic carbocycles. The smallest absolute Gasteiger partial charge is 0.239 e. The van der Waals surface area contributed by atoms with Crippen LogP contribution in [-0.4, -0.2) is 16.9 Å². The van der Waals surface area contributed by atoms with Gasteiger partial charge in [0.05, 0.1) is 0 Å². The van der Waals surface area contributed by atoms with Gasteiger partial charge in [0.25, 0.3) is 0 Å². The first-order valence-electron chi connectivity index (χ1n) is 5.72. The molecule has 1 heterocycles. The lowest BCUT2D eigenvalue weighted by atomic mass is 10.1. The van der Waals surface area contributed by atoms with E-state index in [-0.39, 0.29) is 11.9 Å². The quantitative estimate of drug-likeness (QED) is 0.798. The molecule has 16 heavy (non-hydrogen) atoms. The first-order valence-corrected chi connectivity index (χ1v) is 5.72. The molecule has 1 saturated carbocycles. The summed E-state index contributed by atoms with van der Waals surface area (Å²) in [7, 11) is 0. The van der Waals surface area contributed by atoms with Crippen molar-refractivity contribution in [3.05, 3.63) is 30.1 Å². The van der Waals surface area contributed by atoms with Crippen LogP contribution in [0.25, 0.3) is 0 Å². The third kappa shape index (κ3) is 2.58. The Morgan fingerprint density at radius 1 is 1.38 bits per heavy atom. The topological polar surface area (TPSA) is 68.0 Å². The van der Waals surface area contributed by atoms with Gasteiger partial charge in [-0.3, -0.25) is 15.1 Å². The van der Waals surface area contributed by atoms with Crippen molar-refractivity contribution in [1.29, 1.82) is 0 Å². The summed E-state index contributed by atoms with van der Waals surface area (Å²) in [5, 5.41) is 3.33. The minimum Gasteiger partial charge on any atom is -0.368 e. The second kappa shape index (κ2) is 5.07. The number of hydrogen-bond acceptors (Lipinski definition) is 3. The van der Waals surface area contributed by atoms with Gasteiger partial charge < -0.3 is 5.73 Å². The molecule has 1 unspecified atom stereocenters. The number of amides is 1. The molecule has 0 saturated heterocycles. The van der Waals surface area contributed by atoms with Crippen LogP contribution in [0, 0.1) is 0 Å². The number of rotatable bonds is 4. The zero-order valence-corrected chi connectivity index (χ0v) is 9.23. The van der Waals surface area contributed by atoms with Gasteiger partial charge in [-0.05, 0) is 30.5 Å². The molecule has 4 heteroatoms. The van der Waals surface area contributed by atoms with E-state index < -0.39 is 0 Å². The van der Waals surface area contributed by atoms with Crippen LogP contribution in [0.3, 0.4) is 0 Å². The van der Waals surface area contributed by atoms with Gasteiger partial charge in [-0.1, -0.05) is 12.8 Å². The summed E-state index contributed by atoms with van der Waals surface area (Å²) >= 11 is 0. The van der Waals surface area contributed by atoms with Gasteiger partial charge in [0.1, 0.15) is 6.04 Å². The average Bonchev–Trinajstić information content (AvgIpc) is 2.79. The van der Waals surface area contributed by atoms with E-state index in [4.69, 9.17) is 5.73 Å². The normalized spacial score (nSPS) is 18.5. The third-order valence-corrected chi connectivity index (χ3v) is 3.08. The lowest BCUT2D eigenvalue weighted by molar-refractivity contribution is -0.120. The van der Waals surface area contributed by atoms with Crippen LogP contribution in [0.5, 0.6) is 0 Å². The fourth-order valence-corrected chi connectivity index (χ4v) is 2.23. The van der Waals surface area contributed by atoms with Gasteiger partial charge in [-0.25, -0.2) is 0 Å². The predicted octanol–water partition coefficient (Wildman–Crippen LogP) is 1.14. The largest absolute Gasteiger partial charge is 0.368 e. The fraction of sp³-hybridized carbons (Fsp3) is 0.500. The van der Waals surface area contributed by atoms with Crippen molar-refractivity contribution in [2.45, 2.75) is 37.8 Å². The number of pyridine rings is 1. The molecule has 1 aromatic heterocycles. The third-order valence-electron chi connectivity index (χ3n) is 3.08. The molecule has 1 aromatic rings. The number of hydrogen-bond donors (Lipinski definition) is 2. The predicted molar refractivity (Wildman–Crippen MR) is 61.6 cm³/mol. The van der Waals surface area contributed by atoms with Crippen LogP contribution in [-0.2, 0) is 4.79 Å². The Balaban J connectivity index is 2.08. The van der Waals surface area contributed by atoms with Crippen LogP contribution in [0.1, 0.15) is 37.3 Å². The summed E-state index contributed by atoms with van der Waals surface area (Å²) in [5.41, 5.74) is 6.32. The van der Waals surface area contributed by atoms with Crippen molar-refractivity contribution in [2.75, 3.05) is 0 Å². The van der Waals surface area contributed by atoms with E-state index in [1.807, 2.05) is 12.1 Å². The molecule has 0 aliphatic heterocycles. The highest BCUT2D eigenvalue weighted by Gasteiger charge is 2.23. The molecule has 4 nitrogen and oxygen atoms in total. The molecule has 1 atom stereocenters. The molecule has 1 fully saturated rings. The van der Waals surface area contributed by atoms with Gasteiger partial charge >= 0.3 is 0 Å². The van der Waals surface area contributed by atoms with E-state index in [1.54, 1.807) is 12.4 Å². The number of carbonyl (C=O) groups is 1. The minimum absolute atomic E-state index is 0.321. The Kier molecular flexibility index (Phi) is 3.51. The van der Waals surface area contributed by atoms with E-state index >= 15 is 0 Å². The van der Waals surface area contributed by atoms with Crippen LogP contribution in [0.2, 0.25) is 0 Å². The first kappa shape index (κ1) is 11.1. The molecule has 86 valence electrons. The number of carbonyl (C=O) groups excluding carboxylic acids is 1. The maximum Gasteiger partial charge on any atom is 0.239 e. The first-order chi connectivity index (χ1) is 7.77. The summed E-state index contributed by atoms with van der Waals surface area (Å²) in [4.78, 5) is 15.4. The van der Waals surface area contributed by atoms with Crippen molar-refractivity contribution in [2.24, 2.45) is 5.73 Å². The molecule has 1 aliphatic rings. The Morgan fingerprint density at radius 3 is 2.56 bits per heavy atom. The van der Waals surface area contributed by atoms with Gasteiger partial charge in [-0.2, -0.15) is 0 Å². The van der Waals surface area contributed by atoms with E-state index in [0.29, 0.717) is 6.04 Å². The Labute approximate surface area is 95.3 Å². The zero-order valence-electron chi connectivity index (χ0n) is 9.23.